The van der Waals surface area contributed by atoms with E-state index >= 15 is 0 Å². The molecule has 1 aromatic rings. The zero-order valence-corrected chi connectivity index (χ0v) is 14.8. The van der Waals surface area contributed by atoms with E-state index in [9.17, 15) is 18.0 Å². The third kappa shape index (κ3) is 3.78. The fraction of sp³-hybridized carbons (Fsp3) is 0.600. The van der Waals surface area contributed by atoms with E-state index < -0.39 is 27.9 Å². The molecule has 0 aromatic carbocycles. The Kier molecular flexibility index (Phi) is 5.34. The summed E-state index contributed by atoms with van der Waals surface area (Å²) in [6, 6.07) is 0.230. The van der Waals surface area contributed by atoms with Gasteiger partial charge in [-0.2, -0.15) is 4.31 Å². The highest BCUT2D eigenvalue weighted by Crippen LogP contribution is 2.24. The molecule has 134 valence electrons. The van der Waals surface area contributed by atoms with Gasteiger partial charge in [-0.25, -0.2) is 8.42 Å². The Bertz CT molecular complexity index is 740. The van der Waals surface area contributed by atoms with E-state index in [-0.39, 0.29) is 10.6 Å². The SMILES string of the molecule is CC1CCCN(S(=O)(=O)c2cc(C(=O)NC(C)C(=O)O)n(C)c2)C1. The molecule has 2 rings (SSSR count). The van der Waals surface area contributed by atoms with Crippen molar-refractivity contribution in [3.63, 3.8) is 0 Å². The van der Waals surface area contributed by atoms with E-state index in [1.54, 1.807) is 7.05 Å². The van der Waals surface area contributed by atoms with E-state index in [2.05, 4.69) is 5.32 Å². The van der Waals surface area contributed by atoms with Gasteiger partial charge in [-0.3, -0.25) is 9.59 Å². The van der Waals surface area contributed by atoms with Crippen molar-refractivity contribution in [2.24, 2.45) is 13.0 Å². The number of sulfonamides is 1. The number of rotatable bonds is 5. The van der Waals surface area contributed by atoms with Crippen LogP contribution in [0.25, 0.3) is 0 Å². The molecule has 0 radical (unpaired) electrons. The predicted octanol–water partition coefficient (Wildman–Crippen LogP) is 0.649. The summed E-state index contributed by atoms with van der Waals surface area (Å²) in [5, 5.41) is 11.2. The van der Waals surface area contributed by atoms with Crippen molar-refractivity contribution in [2.45, 2.75) is 37.6 Å². The van der Waals surface area contributed by atoms with Gasteiger partial charge in [-0.05, 0) is 31.7 Å². The lowest BCUT2D eigenvalue weighted by Crippen LogP contribution is -2.39. The Morgan fingerprint density at radius 3 is 2.67 bits per heavy atom. The zero-order chi connectivity index (χ0) is 18.1. The number of hydrogen-bond acceptors (Lipinski definition) is 4. The van der Waals surface area contributed by atoms with Gasteiger partial charge in [-0.15, -0.1) is 0 Å². The van der Waals surface area contributed by atoms with E-state index in [4.69, 9.17) is 5.11 Å². The lowest BCUT2D eigenvalue weighted by Gasteiger charge is -2.29. The van der Waals surface area contributed by atoms with Gasteiger partial charge in [-0.1, -0.05) is 6.92 Å². The maximum Gasteiger partial charge on any atom is 0.325 e. The van der Waals surface area contributed by atoms with Crippen LogP contribution in [0.1, 0.15) is 37.2 Å². The van der Waals surface area contributed by atoms with Gasteiger partial charge in [0.1, 0.15) is 16.6 Å². The third-order valence-corrected chi connectivity index (χ3v) is 6.02. The number of piperidine rings is 1. The second kappa shape index (κ2) is 6.94. The van der Waals surface area contributed by atoms with Crippen molar-refractivity contribution in [1.82, 2.24) is 14.2 Å². The standard InChI is InChI=1S/C15H23N3O5S/c1-10-5-4-6-18(8-10)24(22,23)12-7-13(17(3)9-12)14(19)16-11(2)15(20)21/h7,9-11H,4-6,8H2,1-3H3,(H,16,19)(H,20,21). The molecule has 2 N–H and O–H groups in total. The van der Waals surface area contributed by atoms with Crippen LogP contribution < -0.4 is 5.32 Å². The molecule has 1 fully saturated rings. The lowest BCUT2D eigenvalue weighted by molar-refractivity contribution is -0.138. The second-order valence-corrected chi connectivity index (χ2v) is 8.25. The van der Waals surface area contributed by atoms with Crippen molar-refractivity contribution in [2.75, 3.05) is 13.1 Å². The van der Waals surface area contributed by atoms with Crippen LogP contribution in [0, 0.1) is 5.92 Å². The Morgan fingerprint density at radius 1 is 1.42 bits per heavy atom. The number of amides is 1. The van der Waals surface area contributed by atoms with Crippen LogP contribution in [0.15, 0.2) is 17.2 Å². The minimum Gasteiger partial charge on any atom is -0.480 e. The van der Waals surface area contributed by atoms with Crippen molar-refractivity contribution in [1.29, 1.82) is 0 Å². The molecular weight excluding hydrogens is 334 g/mol. The summed E-state index contributed by atoms with van der Waals surface area (Å²) in [5.41, 5.74) is 0.103. The number of carbonyl (C=O) groups is 2. The molecular formula is C15H23N3O5S. The van der Waals surface area contributed by atoms with E-state index in [0.29, 0.717) is 19.0 Å². The van der Waals surface area contributed by atoms with Gasteiger partial charge in [0.2, 0.25) is 10.0 Å². The predicted molar refractivity (Wildman–Crippen MR) is 87.1 cm³/mol. The normalized spacial score (nSPS) is 20.5. The van der Waals surface area contributed by atoms with Gasteiger partial charge >= 0.3 is 5.97 Å². The van der Waals surface area contributed by atoms with Gasteiger partial charge in [0.15, 0.2) is 0 Å². The molecule has 2 atom stereocenters. The van der Waals surface area contributed by atoms with Crippen LogP contribution in [0.2, 0.25) is 0 Å². The van der Waals surface area contributed by atoms with Crippen LogP contribution in [-0.4, -0.2) is 53.4 Å². The first-order chi connectivity index (χ1) is 11.1. The molecule has 0 aliphatic carbocycles. The molecule has 8 nitrogen and oxygen atoms in total. The monoisotopic (exact) mass is 357 g/mol. The molecule has 0 saturated carbocycles. The van der Waals surface area contributed by atoms with Crippen molar-refractivity contribution in [3.8, 4) is 0 Å². The first-order valence-electron chi connectivity index (χ1n) is 7.83. The second-order valence-electron chi connectivity index (χ2n) is 6.32. The number of nitrogens with zero attached hydrogens (tertiary/aromatic N) is 2. The van der Waals surface area contributed by atoms with Gasteiger partial charge in [0, 0.05) is 26.3 Å². The quantitative estimate of drug-likeness (QED) is 0.804. The Hall–Kier alpha value is -1.87. The highest BCUT2D eigenvalue weighted by Gasteiger charge is 2.30. The van der Waals surface area contributed by atoms with Crippen LogP contribution in [0.4, 0.5) is 0 Å². The number of hydrogen-bond donors (Lipinski definition) is 2. The molecule has 1 amide bonds. The number of carboxylic acids is 1. The van der Waals surface area contributed by atoms with Crippen LogP contribution in [-0.2, 0) is 21.9 Å². The van der Waals surface area contributed by atoms with Crippen molar-refractivity contribution in [3.05, 3.63) is 18.0 Å². The highest BCUT2D eigenvalue weighted by atomic mass is 32.2. The summed E-state index contributed by atoms with van der Waals surface area (Å²) in [6.45, 7) is 4.29. The van der Waals surface area contributed by atoms with E-state index in [1.807, 2.05) is 6.92 Å². The van der Waals surface area contributed by atoms with Crippen LogP contribution in [0.3, 0.4) is 0 Å². The number of aryl methyl sites for hydroxylation is 1. The third-order valence-electron chi connectivity index (χ3n) is 4.19. The fourth-order valence-electron chi connectivity index (χ4n) is 2.75. The number of aromatic nitrogens is 1. The molecule has 9 heteroatoms. The maximum absolute atomic E-state index is 12.7. The summed E-state index contributed by atoms with van der Waals surface area (Å²) in [4.78, 5) is 23.0. The fourth-order valence-corrected chi connectivity index (χ4v) is 4.42. The van der Waals surface area contributed by atoms with Crippen molar-refractivity contribution < 1.29 is 23.1 Å². The van der Waals surface area contributed by atoms with Crippen LogP contribution >= 0.6 is 0 Å². The number of aliphatic carboxylic acids is 1. The van der Waals surface area contributed by atoms with E-state index in [1.165, 1.54) is 28.1 Å². The largest absolute Gasteiger partial charge is 0.480 e. The summed E-state index contributed by atoms with van der Waals surface area (Å²) >= 11 is 0. The van der Waals surface area contributed by atoms with Gasteiger partial charge in [0.25, 0.3) is 5.91 Å². The molecule has 1 aromatic heterocycles. The summed E-state index contributed by atoms with van der Waals surface area (Å²) in [7, 11) is -2.10. The lowest BCUT2D eigenvalue weighted by atomic mass is 10.0. The van der Waals surface area contributed by atoms with Gasteiger partial charge < -0.3 is 15.0 Å². The number of carboxylic acid groups (broad SMARTS) is 1. The summed E-state index contributed by atoms with van der Waals surface area (Å²) in [6.07, 6.45) is 3.20. The molecule has 1 aliphatic rings. The number of nitrogens with one attached hydrogen (secondary N) is 1. The average molecular weight is 357 g/mol. The highest BCUT2D eigenvalue weighted by molar-refractivity contribution is 7.89. The Labute approximate surface area is 141 Å². The minimum absolute atomic E-state index is 0.0484. The average Bonchev–Trinajstić information content (AvgIpc) is 2.89. The van der Waals surface area contributed by atoms with Crippen LogP contribution in [0.5, 0.6) is 0 Å². The molecule has 1 saturated heterocycles. The summed E-state index contributed by atoms with van der Waals surface area (Å²) < 4.78 is 28.3. The van der Waals surface area contributed by atoms with Crippen molar-refractivity contribution >= 4 is 21.9 Å². The maximum atomic E-state index is 12.7. The minimum atomic E-state index is -3.66. The number of carbonyl (C=O) groups excluding carboxylic acids is 1. The smallest absolute Gasteiger partial charge is 0.325 e. The molecule has 0 spiro atoms. The first kappa shape index (κ1) is 18.5. The first-order valence-corrected chi connectivity index (χ1v) is 9.27. The topological polar surface area (TPSA) is 109 Å². The van der Waals surface area contributed by atoms with E-state index in [0.717, 1.165) is 12.8 Å². The Morgan fingerprint density at radius 2 is 2.08 bits per heavy atom. The summed E-state index contributed by atoms with van der Waals surface area (Å²) in [5.74, 6) is -1.48. The Balaban J connectivity index is 2.24. The molecule has 2 heterocycles. The molecule has 0 bridgehead atoms. The molecule has 2 unspecified atom stereocenters. The van der Waals surface area contributed by atoms with Gasteiger partial charge in [0.05, 0.1) is 0 Å². The molecule has 24 heavy (non-hydrogen) atoms. The molecule has 1 aliphatic heterocycles. The zero-order valence-electron chi connectivity index (χ0n) is 14.0.